The van der Waals surface area contributed by atoms with Crippen LogP contribution < -0.4 is 25.4 Å². The molecule has 1 heterocycles. The minimum Gasteiger partial charge on any atom is -0.497 e. The van der Waals surface area contributed by atoms with E-state index < -0.39 is 18.2 Å². The predicted octanol–water partition coefficient (Wildman–Crippen LogP) is 5.88. The zero-order chi connectivity index (χ0) is 32.8. The molecule has 0 unspecified atom stereocenters. The highest BCUT2D eigenvalue weighted by molar-refractivity contribution is 6.04. The van der Waals surface area contributed by atoms with Crippen molar-refractivity contribution in [1.82, 2.24) is 9.80 Å². The molecule has 240 valence electrons. The fourth-order valence-corrected chi connectivity index (χ4v) is 5.42. The van der Waals surface area contributed by atoms with Gasteiger partial charge in [0.25, 0.3) is 5.91 Å². The maximum atomic E-state index is 13.8. The van der Waals surface area contributed by atoms with Gasteiger partial charge in [-0.25, -0.2) is 9.59 Å². The number of nitrogens with one attached hydrogen (secondary N) is 3. The molecule has 3 atom stereocenters. The predicted molar refractivity (Wildman–Crippen MR) is 179 cm³/mol. The van der Waals surface area contributed by atoms with Gasteiger partial charge in [-0.2, -0.15) is 0 Å². The van der Waals surface area contributed by atoms with Crippen molar-refractivity contribution in [2.24, 2.45) is 5.92 Å². The largest absolute Gasteiger partial charge is 0.497 e. The van der Waals surface area contributed by atoms with Crippen molar-refractivity contribution < 1.29 is 29.0 Å². The third kappa shape index (κ3) is 7.16. The van der Waals surface area contributed by atoms with Crippen LogP contribution in [0.1, 0.15) is 24.2 Å². The molecule has 4 aromatic carbocycles. The molecule has 0 bridgehead atoms. The van der Waals surface area contributed by atoms with E-state index >= 15 is 0 Å². The summed E-state index contributed by atoms with van der Waals surface area (Å²) in [7, 11) is 3.24. The summed E-state index contributed by atoms with van der Waals surface area (Å²) >= 11 is 0. The normalized spacial score (nSPS) is 16.7. The van der Waals surface area contributed by atoms with Gasteiger partial charge in [-0.15, -0.1) is 0 Å². The van der Waals surface area contributed by atoms with Crippen molar-refractivity contribution in [3.63, 3.8) is 0 Å². The number of carbonyl (C=O) groups is 3. The molecule has 0 fully saturated rings. The van der Waals surface area contributed by atoms with Crippen molar-refractivity contribution in [2.45, 2.75) is 26.0 Å². The SMILES string of the molecule is COc1ccc(NC(=O)Nc2cccc3c2O[C@H](CN(C)C(=O)Nc2cccc4ccccc24)[C@H](C)CN([C@@H](C)CO)C3=O)cc1. The maximum Gasteiger partial charge on any atom is 0.323 e. The molecule has 0 spiro atoms. The van der Waals surface area contributed by atoms with E-state index in [4.69, 9.17) is 9.47 Å². The molecule has 4 N–H and O–H groups in total. The lowest BCUT2D eigenvalue weighted by molar-refractivity contribution is 0.0373. The lowest BCUT2D eigenvalue weighted by Crippen LogP contribution is -2.50. The van der Waals surface area contributed by atoms with Gasteiger partial charge in [0.05, 0.1) is 43.2 Å². The lowest BCUT2D eigenvalue weighted by atomic mass is 9.99. The second-order valence-electron chi connectivity index (χ2n) is 11.4. The van der Waals surface area contributed by atoms with Crippen LogP contribution in [0.3, 0.4) is 0 Å². The summed E-state index contributed by atoms with van der Waals surface area (Å²) < 4.78 is 11.7. The molecule has 5 amide bonds. The molecular weight excluding hydrogens is 586 g/mol. The molecule has 0 saturated heterocycles. The molecule has 11 nitrogen and oxygen atoms in total. The third-order valence-corrected chi connectivity index (χ3v) is 8.12. The number of amides is 5. The number of fused-ring (bicyclic) bond motifs is 2. The molecule has 1 aliphatic heterocycles. The minimum absolute atomic E-state index is 0.180. The molecule has 0 aromatic heterocycles. The summed E-state index contributed by atoms with van der Waals surface area (Å²) in [6.45, 7) is 3.95. The van der Waals surface area contributed by atoms with Crippen molar-refractivity contribution in [1.29, 1.82) is 0 Å². The number of likely N-dealkylation sites (N-methyl/N-ethyl adjacent to an activating group) is 1. The smallest absolute Gasteiger partial charge is 0.323 e. The zero-order valence-electron chi connectivity index (χ0n) is 26.3. The van der Waals surface area contributed by atoms with Crippen molar-refractivity contribution in [3.05, 3.63) is 90.5 Å². The molecule has 0 radical (unpaired) electrons. The van der Waals surface area contributed by atoms with E-state index in [-0.39, 0.29) is 48.0 Å². The van der Waals surface area contributed by atoms with E-state index in [0.717, 1.165) is 10.8 Å². The highest BCUT2D eigenvalue weighted by atomic mass is 16.5. The number of urea groups is 2. The van der Waals surface area contributed by atoms with E-state index in [1.807, 2.05) is 49.4 Å². The van der Waals surface area contributed by atoms with Crippen LogP contribution >= 0.6 is 0 Å². The number of aliphatic hydroxyl groups excluding tert-OH is 1. The monoisotopic (exact) mass is 625 g/mol. The number of benzene rings is 4. The first-order valence-electron chi connectivity index (χ1n) is 15.1. The average Bonchev–Trinajstić information content (AvgIpc) is 3.06. The Labute approximate surface area is 268 Å². The number of nitrogens with zero attached hydrogens (tertiary/aromatic N) is 2. The second kappa shape index (κ2) is 14.2. The Kier molecular flexibility index (Phi) is 9.92. The van der Waals surface area contributed by atoms with Gasteiger partial charge in [-0.05, 0) is 54.8 Å². The number of para-hydroxylation sites is 1. The van der Waals surface area contributed by atoms with Crippen molar-refractivity contribution in [2.75, 3.05) is 49.8 Å². The highest BCUT2D eigenvalue weighted by Crippen LogP contribution is 2.35. The summed E-state index contributed by atoms with van der Waals surface area (Å²) in [4.78, 5) is 43.4. The zero-order valence-corrected chi connectivity index (χ0v) is 26.3. The fourth-order valence-electron chi connectivity index (χ4n) is 5.42. The van der Waals surface area contributed by atoms with Gasteiger partial charge >= 0.3 is 12.1 Å². The number of methoxy groups -OCH3 is 1. The van der Waals surface area contributed by atoms with Crippen molar-refractivity contribution >= 4 is 45.8 Å². The average molecular weight is 626 g/mol. The molecule has 1 aliphatic rings. The molecule has 0 saturated carbocycles. The molecule has 4 aromatic rings. The standard InChI is InChI=1S/C35H39N5O6/c1-22-19-40(23(2)21-41)33(42)28-12-8-14-30(37-34(43)36-25-15-17-26(45-4)18-16-25)32(28)46-31(22)20-39(3)35(44)38-29-13-7-10-24-9-5-6-11-27(24)29/h5-18,22-23,31,41H,19-21H2,1-4H3,(H,38,44)(H2,36,37,43)/t22-,23+,31-/m1/s1. The number of hydrogen-bond donors (Lipinski definition) is 4. The van der Waals surface area contributed by atoms with Gasteiger partial charge in [-0.3, -0.25) is 4.79 Å². The van der Waals surface area contributed by atoms with Crippen LogP contribution in [0.2, 0.25) is 0 Å². The fraction of sp³-hybridized carbons (Fsp3) is 0.286. The quantitative estimate of drug-likeness (QED) is 0.194. The molecular formula is C35H39N5O6. The summed E-state index contributed by atoms with van der Waals surface area (Å²) in [5.74, 6) is 0.259. The Balaban J connectivity index is 1.40. The van der Waals surface area contributed by atoms with Crippen LogP contribution in [-0.4, -0.2) is 78.9 Å². The number of carbonyl (C=O) groups excluding carboxylic acids is 3. The van der Waals surface area contributed by atoms with E-state index in [0.29, 0.717) is 23.7 Å². The Morgan fingerprint density at radius 3 is 2.41 bits per heavy atom. The van der Waals surface area contributed by atoms with Gasteiger partial charge in [0.1, 0.15) is 11.9 Å². The third-order valence-electron chi connectivity index (χ3n) is 8.12. The Morgan fingerprint density at radius 2 is 1.67 bits per heavy atom. The van der Waals surface area contributed by atoms with Crippen LogP contribution in [0.25, 0.3) is 10.8 Å². The Bertz CT molecular complexity index is 1710. The Hall–Kier alpha value is -5.29. The number of hydrogen-bond acceptors (Lipinski definition) is 6. The highest BCUT2D eigenvalue weighted by Gasteiger charge is 2.35. The second-order valence-corrected chi connectivity index (χ2v) is 11.4. The topological polar surface area (TPSA) is 132 Å². The first-order chi connectivity index (χ1) is 22.2. The van der Waals surface area contributed by atoms with Crippen LogP contribution in [0.4, 0.5) is 26.7 Å². The molecule has 0 aliphatic carbocycles. The summed E-state index contributed by atoms with van der Waals surface area (Å²) in [5, 5.41) is 20.5. The lowest BCUT2D eigenvalue weighted by Gasteiger charge is -2.38. The van der Waals surface area contributed by atoms with E-state index in [1.165, 1.54) is 4.90 Å². The van der Waals surface area contributed by atoms with Crippen LogP contribution in [0.15, 0.2) is 84.9 Å². The van der Waals surface area contributed by atoms with Crippen LogP contribution in [-0.2, 0) is 0 Å². The van der Waals surface area contributed by atoms with Gasteiger partial charge in [0.2, 0.25) is 0 Å². The minimum atomic E-state index is -0.573. The van der Waals surface area contributed by atoms with E-state index in [2.05, 4.69) is 16.0 Å². The number of rotatable bonds is 8. The number of anilines is 3. The van der Waals surface area contributed by atoms with E-state index in [1.54, 1.807) is 68.4 Å². The van der Waals surface area contributed by atoms with Gasteiger partial charge in [0, 0.05) is 30.6 Å². The first kappa shape index (κ1) is 32.1. The number of ether oxygens (including phenoxy) is 2. The molecule has 11 heteroatoms. The van der Waals surface area contributed by atoms with Crippen molar-refractivity contribution in [3.8, 4) is 11.5 Å². The maximum absolute atomic E-state index is 13.8. The van der Waals surface area contributed by atoms with Crippen LogP contribution in [0, 0.1) is 5.92 Å². The number of aliphatic hydroxyl groups is 1. The first-order valence-corrected chi connectivity index (χ1v) is 15.1. The molecule has 5 rings (SSSR count). The van der Waals surface area contributed by atoms with E-state index in [9.17, 15) is 19.5 Å². The van der Waals surface area contributed by atoms with Gasteiger partial charge in [0.15, 0.2) is 5.75 Å². The van der Waals surface area contributed by atoms with Gasteiger partial charge < -0.3 is 40.3 Å². The molecule has 46 heavy (non-hydrogen) atoms. The summed E-state index contributed by atoms with van der Waals surface area (Å²) in [5.41, 5.74) is 1.76. The van der Waals surface area contributed by atoms with Crippen LogP contribution in [0.5, 0.6) is 11.5 Å². The Morgan fingerprint density at radius 1 is 0.978 bits per heavy atom. The summed E-state index contributed by atoms with van der Waals surface area (Å²) in [6.07, 6.45) is -0.573. The summed E-state index contributed by atoms with van der Waals surface area (Å²) in [6, 6.07) is 24.0. The van der Waals surface area contributed by atoms with Gasteiger partial charge in [-0.1, -0.05) is 49.4 Å².